The SMILES string of the molecule is O=C(NC12CCCC3CC(CC3C1)C2)c1cn(Cc2ccccc2Cl)n(-c2ccc(Cl)cc2Cl)c1=O. The number of carbonyl (C=O) groups excluding carboxylic acids is 1. The maximum Gasteiger partial charge on any atom is 0.284 e. The summed E-state index contributed by atoms with van der Waals surface area (Å²) in [4.78, 5) is 27.5. The molecule has 3 aliphatic rings. The van der Waals surface area contributed by atoms with Crippen LogP contribution < -0.4 is 10.9 Å². The first-order chi connectivity index (χ1) is 17.3. The highest BCUT2D eigenvalue weighted by atomic mass is 35.5. The minimum absolute atomic E-state index is 0.112. The van der Waals surface area contributed by atoms with Gasteiger partial charge in [-0.05, 0) is 79.7 Å². The molecule has 5 nitrogen and oxygen atoms in total. The van der Waals surface area contributed by atoms with Gasteiger partial charge in [-0.25, -0.2) is 4.68 Å². The summed E-state index contributed by atoms with van der Waals surface area (Å²) in [5.74, 6) is 1.87. The van der Waals surface area contributed by atoms with Gasteiger partial charge in [0.2, 0.25) is 0 Å². The quantitative estimate of drug-likeness (QED) is 0.387. The Hall–Kier alpha value is -2.21. The second-order valence-electron chi connectivity index (χ2n) is 10.8. The highest BCUT2D eigenvalue weighted by molar-refractivity contribution is 6.35. The molecule has 1 amide bonds. The normalized spacial score (nSPS) is 26.7. The van der Waals surface area contributed by atoms with Gasteiger partial charge in [0, 0.05) is 21.8 Å². The molecule has 3 bridgehead atoms. The molecular weight excluding hydrogens is 517 g/mol. The van der Waals surface area contributed by atoms with Crippen LogP contribution in [0, 0.1) is 17.8 Å². The summed E-state index contributed by atoms with van der Waals surface area (Å²) in [6, 6.07) is 12.4. The highest BCUT2D eigenvalue weighted by Gasteiger charge is 2.50. The number of rotatable bonds is 5. The van der Waals surface area contributed by atoms with Crippen LogP contribution in [0.3, 0.4) is 0 Å². The van der Waals surface area contributed by atoms with Crippen molar-refractivity contribution in [2.75, 3.05) is 0 Å². The molecule has 3 aromatic rings. The van der Waals surface area contributed by atoms with Crippen molar-refractivity contribution < 1.29 is 4.79 Å². The van der Waals surface area contributed by atoms with Crippen LogP contribution in [0.1, 0.15) is 60.9 Å². The molecule has 4 unspecified atom stereocenters. The van der Waals surface area contributed by atoms with E-state index in [4.69, 9.17) is 34.8 Å². The van der Waals surface area contributed by atoms with E-state index in [1.807, 2.05) is 24.3 Å². The fraction of sp³-hybridized carbons (Fsp3) is 0.429. The topological polar surface area (TPSA) is 56.0 Å². The second kappa shape index (κ2) is 9.27. The van der Waals surface area contributed by atoms with Crippen molar-refractivity contribution in [1.82, 2.24) is 14.7 Å². The van der Waals surface area contributed by atoms with Gasteiger partial charge in [0.05, 0.1) is 17.3 Å². The first kappa shape index (κ1) is 24.1. The Kier molecular flexibility index (Phi) is 6.22. The molecule has 36 heavy (non-hydrogen) atoms. The molecule has 0 radical (unpaired) electrons. The minimum Gasteiger partial charge on any atom is -0.346 e. The van der Waals surface area contributed by atoms with Crippen LogP contribution in [0.4, 0.5) is 0 Å². The Bertz CT molecular complexity index is 1400. The molecule has 4 atom stereocenters. The third kappa shape index (κ3) is 4.29. The number of hydrogen-bond donors (Lipinski definition) is 1. The number of fused-ring (bicyclic) bond motifs is 2. The average molecular weight is 545 g/mol. The number of carbonyl (C=O) groups is 1. The van der Waals surface area contributed by atoms with E-state index in [2.05, 4.69) is 5.32 Å². The third-order valence-electron chi connectivity index (χ3n) is 8.51. The van der Waals surface area contributed by atoms with Crippen LogP contribution in [-0.4, -0.2) is 20.8 Å². The first-order valence-corrected chi connectivity index (χ1v) is 13.8. The summed E-state index contributed by atoms with van der Waals surface area (Å²) < 4.78 is 3.15. The van der Waals surface area contributed by atoms with Gasteiger partial charge < -0.3 is 5.32 Å². The number of nitrogens with one attached hydrogen (secondary N) is 1. The summed E-state index contributed by atoms with van der Waals surface area (Å²) in [6.45, 7) is 0.304. The summed E-state index contributed by atoms with van der Waals surface area (Å²) in [7, 11) is 0. The van der Waals surface area contributed by atoms with Crippen molar-refractivity contribution in [2.24, 2.45) is 17.8 Å². The molecule has 3 fully saturated rings. The van der Waals surface area contributed by atoms with Gasteiger partial charge in [0.25, 0.3) is 11.5 Å². The van der Waals surface area contributed by atoms with Crippen molar-refractivity contribution >= 4 is 40.7 Å². The lowest BCUT2D eigenvalue weighted by Crippen LogP contribution is -2.52. The molecule has 3 saturated carbocycles. The lowest BCUT2D eigenvalue weighted by atomic mass is 9.73. The van der Waals surface area contributed by atoms with E-state index in [0.29, 0.717) is 39.1 Å². The van der Waals surface area contributed by atoms with Crippen LogP contribution in [0.15, 0.2) is 53.5 Å². The monoisotopic (exact) mass is 543 g/mol. The van der Waals surface area contributed by atoms with E-state index in [1.54, 1.807) is 29.1 Å². The molecule has 0 spiro atoms. The van der Waals surface area contributed by atoms with Gasteiger partial charge in [-0.3, -0.25) is 14.3 Å². The van der Waals surface area contributed by atoms with Crippen molar-refractivity contribution in [3.05, 3.63) is 85.2 Å². The molecular formula is C28H28Cl3N3O2. The summed E-state index contributed by atoms with van der Waals surface area (Å²) in [5, 5.41) is 4.74. The molecule has 1 heterocycles. The fourth-order valence-electron chi connectivity index (χ4n) is 7.09. The van der Waals surface area contributed by atoms with Crippen LogP contribution in [0.25, 0.3) is 5.69 Å². The minimum atomic E-state index is -0.412. The number of halogens is 3. The van der Waals surface area contributed by atoms with Gasteiger partial charge >= 0.3 is 0 Å². The third-order valence-corrected chi connectivity index (χ3v) is 9.42. The van der Waals surface area contributed by atoms with Crippen LogP contribution >= 0.6 is 34.8 Å². The average Bonchev–Trinajstić information content (AvgIpc) is 3.26. The largest absolute Gasteiger partial charge is 0.346 e. The van der Waals surface area contributed by atoms with Gasteiger partial charge in [-0.15, -0.1) is 0 Å². The van der Waals surface area contributed by atoms with Crippen LogP contribution in [0.5, 0.6) is 0 Å². The fourth-order valence-corrected chi connectivity index (χ4v) is 7.78. The molecule has 0 saturated heterocycles. The maximum atomic E-state index is 13.8. The molecule has 1 aromatic heterocycles. The summed E-state index contributed by atoms with van der Waals surface area (Å²) in [5.41, 5.74) is 0.780. The van der Waals surface area contributed by atoms with Gasteiger partial charge in [-0.2, -0.15) is 0 Å². The van der Waals surface area contributed by atoms with Crippen LogP contribution in [-0.2, 0) is 6.54 Å². The predicted octanol–water partition coefficient (Wildman–Crippen LogP) is 6.74. The Labute approximate surface area is 225 Å². The van der Waals surface area contributed by atoms with Crippen molar-refractivity contribution in [3.8, 4) is 5.69 Å². The smallest absolute Gasteiger partial charge is 0.284 e. The Balaban J connectivity index is 1.39. The van der Waals surface area contributed by atoms with E-state index < -0.39 is 5.56 Å². The standard InChI is InChI=1S/C28H28Cl3N3O2/c29-21-7-8-25(24(31)12-21)34-27(36)22(16-33(34)15-19-4-1-2-6-23(19)30)26(35)32-28-9-3-5-18-10-17(13-28)11-20(18)14-28/h1-2,4,6-8,12,16-18,20H,3,5,9-11,13-15H2,(H,32,35). The van der Waals surface area contributed by atoms with Crippen molar-refractivity contribution in [2.45, 2.75) is 57.0 Å². The van der Waals surface area contributed by atoms with E-state index in [0.717, 1.165) is 37.2 Å². The number of benzene rings is 2. The molecule has 8 heteroatoms. The van der Waals surface area contributed by atoms with Crippen molar-refractivity contribution in [3.63, 3.8) is 0 Å². The summed E-state index contributed by atoms with van der Waals surface area (Å²) >= 11 is 19.1. The van der Waals surface area contributed by atoms with E-state index in [9.17, 15) is 9.59 Å². The highest BCUT2D eigenvalue weighted by Crippen LogP contribution is 2.55. The van der Waals surface area contributed by atoms with Crippen LogP contribution in [0.2, 0.25) is 15.1 Å². The van der Waals surface area contributed by atoms with E-state index in [-0.39, 0.29) is 17.0 Å². The van der Waals surface area contributed by atoms with E-state index in [1.165, 1.54) is 23.9 Å². The van der Waals surface area contributed by atoms with Crippen molar-refractivity contribution in [1.29, 1.82) is 0 Å². The number of amides is 1. The zero-order valence-corrected chi connectivity index (χ0v) is 22.1. The Morgan fingerprint density at radius 3 is 2.64 bits per heavy atom. The second-order valence-corrected chi connectivity index (χ2v) is 12.1. The lowest BCUT2D eigenvalue weighted by molar-refractivity contribution is 0.0823. The molecule has 3 aliphatic carbocycles. The zero-order valence-electron chi connectivity index (χ0n) is 19.9. The first-order valence-electron chi connectivity index (χ1n) is 12.7. The lowest BCUT2D eigenvalue weighted by Gasteiger charge is -2.40. The number of aromatic nitrogens is 2. The molecule has 0 aliphatic heterocycles. The molecule has 188 valence electrons. The Morgan fingerprint density at radius 1 is 1.03 bits per heavy atom. The zero-order chi connectivity index (χ0) is 25.0. The number of hydrogen-bond acceptors (Lipinski definition) is 2. The molecule has 6 rings (SSSR count). The van der Waals surface area contributed by atoms with E-state index >= 15 is 0 Å². The number of nitrogens with zero attached hydrogens (tertiary/aromatic N) is 2. The van der Waals surface area contributed by atoms with Gasteiger partial charge in [0.1, 0.15) is 5.56 Å². The van der Waals surface area contributed by atoms with Gasteiger partial charge in [-0.1, -0.05) is 65.8 Å². The Morgan fingerprint density at radius 2 is 1.83 bits per heavy atom. The predicted molar refractivity (Wildman–Crippen MR) is 144 cm³/mol. The maximum absolute atomic E-state index is 13.8. The molecule has 1 N–H and O–H groups in total. The summed E-state index contributed by atoms with van der Waals surface area (Å²) in [6.07, 6.45) is 9.62. The molecule has 2 aromatic carbocycles. The van der Waals surface area contributed by atoms with Gasteiger partial charge in [0.15, 0.2) is 0 Å².